The van der Waals surface area contributed by atoms with E-state index in [1.54, 1.807) is 18.3 Å². The van der Waals surface area contributed by atoms with Gasteiger partial charge in [0.2, 0.25) is 0 Å². The predicted molar refractivity (Wildman–Crippen MR) is 105 cm³/mol. The van der Waals surface area contributed by atoms with Crippen LogP contribution in [0.15, 0.2) is 53.9 Å². The van der Waals surface area contributed by atoms with Crippen LogP contribution in [0.4, 0.5) is 5.69 Å². The van der Waals surface area contributed by atoms with Crippen LogP contribution in [0.2, 0.25) is 0 Å². The Balaban J connectivity index is 1.64. The van der Waals surface area contributed by atoms with Crippen molar-refractivity contribution in [3.05, 3.63) is 64.5 Å². The minimum atomic E-state index is -0.589. The van der Waals surface area contributed by atoms with Crippen molar-refractivity contribution in [1.82, 2.24) is 4.98 Å². The minimum absolute atomic E-state index is 0.000685. The lowest BCUT2D eigenvalue weighted by Gasteiger charge is -2.31. The molecule has 1 unspecified atom stereocenters. The van der Waals surface area contributed by atoms with Gasteiger partial charge in [-0.25, -0.2) is 4.98 Å². The average Bonchev–Trinajstić information content (AvgIpc) is 3.14. The van der Waals surface area contributed by atoms with E-state index in [0.29, 0.717) is 11.4 Å². The molecule has 1 aliphatic rings. The highest BCUT2D eigenvalue weighted by molar-refractivity contribution is 7.10. The first-order valence-electron chi connectivity index (χ1n) is 8.63. The van der Waals surface area contributed by atoms with E-state index in [0.717, 1.165) is 22.7 Å². The number of nitrogens with zero attached hydrogens (tertiary/aromatic N) is 3. The molecule has 1 atom stereocenters. The fraction of sp³-hybridized carbons (Fsp3) is 0.190. The van der Waals surface area contributed by atoms with Crippen molar-refractivity contribution in [2.24, 2.45) is 0 Å². The van der Waals surface area contributed by atoms with E-state index in [4.69, 9.17) is 15.0 Å². The number of nitriles is 1. The van der Waals surface area contributed by atoms with Gasteiger partial charge in [-0.05, 0) is 30.7 Å². The molecule has 6 heteroatoms. The van der Waals surface area contributed by atoms with Crippen LogP contribution in [0.3, 0.4) is 0 Å². The zero-order valence-corrected chi connectivity index (χ0v) is 15.6. The van der Waals surface area contributed by atoms with E-state index < -0.39 is 6.10 Å². The lowest BCUT2D eigenvalue weighted by molar-refractivity contribution is -0.125. The van der Waals surface area contributed by atoms with Crippen LogP contribution < -0.4 is 9.64 Å². The number of anilines is 1. The molecular weight excluding hydrogens is 358 g/mol. The maximum absolute atomic E-state index is 12.4. The van der Waals surface area contributed by atoms with Crippen molar-refractivity contribution in [2.45, 2.75) is 19.4 Å². The maximum Gasteiger partial charge on any atom is 0.268 e. The van der Waals surface area contributed by atoms with Crippen molar-refractivity contribution in [3.8, 4) is 23.1 Å². The van der Waals surface area contributed by atoms with E-state index >= 15 is 0 Å². The van der Waals surface area contributed by atoms with E-state index in [-0.39, 0.29) is 12.5 Å². The highest BCUT2D eigenvalue weighted by Crippen LogP contribution is 2.37. The smallest absolute Gasteiger partial charge is 0.268 e. The van der Waals surface area contributed by atoms with Crippen molar-refractivity contribution in [1.29, 1.82) is 5.26 Å². The molecule has 4 rings (SSSR count). The second-order valence-electron chi connectivity index (χ2n) is 6.31. The monoisotopic (exact) mass is 375 g/mol. The van der Waals surface area contributed by atoms with Crippen LogP contribution in [0, 0.1) is 11.3 Å². The molecule has 0 aliphatic carbocycles. The van der Waals surface area contributed by atoms with E-state index in [9.17, 15) is 4.79 Å². The first-order valence-corrected chi connectivity index (χ1v) is 9.51. The maximum atomic E-state index is 12.4. The molecule has 0 spiro atoms. The molecule has 0 saturated carbocycles. The van der Waals surface area contributed by atoms with Gasteiger partial charge in [0.05, 0.1) is 22.5 Å². The SMILES string of the molecule is CC1Oc2ccc(-c3csc(Cc4ccccc4)n3)cc2N(CC#N)C1=O. The van der Waals surface area contributed by atoms with Gasteiger partial charge in [0, 0.05) is 17.4 Å². The summed E-state index contributed by atoms with van der Waals surface area (Å²) in [7, 11) is 0. The molecule has 0 bridgehead atoms. The van der Waals surface area contributed by atoms with E-state index in [2.05, 4.69) is 18.2 Å². The van der Waals surface area contributed by atoms with Gasteiger partial charge in [-0.15, -0.1) is 11.3 Å². The van der Waals surface area contributed by atoms with Crippen LogP contribution in [0.1, 0.15) is 17.5 Å². The number of hydrogen-bond donors (Lipinski definition) is 0. The highest BCUT2D eigenvalue weighted by atomic mass is 32.1. The Hall–Kier alpha value is -3.17. The molecule has 27 heavy (non-hydrogen) atoms. The lowest BCUT2D eigenvalue weighted by atomic mass is 10.1. The van der Waals surface area contributed by atoms with Gasteiger partial charge in [-0.2, -0.15) is 5.26 Å². The second kappa shape index (κ2) is 7.22. The Labute approximate surface area is 161 Å². The highest BCUT2D eigenvalue weighted by Gasteiger charge is 2.31. The van der Waals surface area contributed by atoms with Gasteiger partial charge in [-0.1, -0.05) is 30.3 Å². The second-order valence-corrected chi connectivity index (χ2v) is 7.26. The van der Waals surface area contributed by atoms with Gasteiger partial charge in [0.1, 0.15) is 12.3 Å². The Morgan fingerprint density at radius 1 is 1.26 bits per heavy atom. The fourth-order valence-electron chi connectivity index (χ4n) is 3.10. The Morgan fingerprint density at radius 2 is 2.07 bits per heavy atom. The number of carbonyl (C=O) groups excluding carboxylic acids is 1. The standard InChI is InChI=1S/C21H17N3O2S/c1-14-21(25)24(10-9-22)18-12-16(7-8-19(18)26-14)17-13-27-20(23-17)11-15-5-3-2-4-6-15/h2-8,12-14H,10-11H2,1H3. The largest absolute Gasteiger partial charge is 0.479 e. The van der Waals surface area contributed by atoms with Gasteiger partial charge < -0.3 is 4.74 Å². The van der Waals surface area contributed by atoms with Gasteiger partial charge in [-0.3, -0.25) is 9.69 Å². The van der Waals surface area contributed by atoms with Gasteiger partial charge >= 0.3 is 0 Å². The number of amides is 1. The molecular formula is C21H17N3O2S. The van der Waals surface area contributed by atoms with Crippen LogP contribution >= 0.6 is 11.3 Å². The number of benzene rings is 2. The van der Waals surface area contributed by atoms with E-state index in [1.165, 1.54) is 10.5 Å². The Morgan fingerprint density at radius 3 is 2.85 bits per heavy atom. The number of aromatic nitrogens is 1. The lowest BCUT2D eigenvalue weighted by Crippen LogP contribution is -2.44. The molecule has 5 nitrogen and oxygen atoms in total. The summed E-state index contributed by atoms with van der Waals surface area (Å²) in [5.41, 5.74) is 3.60. The zero-order chi connectivity index (χ0) is 18.8. The fourth-order valence-corrected chi connectivity index (χ4v) is 3.93. The summed E-state index contributed by atoms with van der Waals surface area (Å²) >= 11 is 1.61. The first kappa shape index (κ1) is 17.3. The molecule has 134 valence electrons. The number of carbonyl (C=O) groups is 1. The molecule has 2 heterocycles. The van der Waals surface area contributed by atoms with Crippen LogP contribution in [-0.4, -0.2) is 23.5 Å². The van der Waals surface area contributed by atoms with Crippen LogP contribution in [0.25, 0.3) is 11.3 Å². The molecule has 0 radical (unpaired) electrons. The first-order chi connectivity index (χ1) is 13.2. The third-order valence-corrected chi connectivity index (χ3v) is 5.29. The van der Waals surface area contributed by atoms with Crippen molar-refractivity contribution >= 4 is 22.9 Å². The minimum Gasteiger partial charge on any atom is -0.479 e. The summed E-state index contributed by atoms with van der Waals surface area (Å²) in [4.78, 5) is 18.6. The quantitative estimate of drug-likeness (QED) is 0.646. The number of ether oxygens (including phenoxy) is 1. The third kappa shape index (κ3) is 3.42. The van der Waals surface area contributed by atoms with Gasteiger partial charge in [0.25, 0.3) is 5.91 Å². The molecule has 0 fully saturated rings. The normalized spacial score (nSPS) is 15.8. The van der Waals surface area contributed by atoms with E-state index in [1.807, 2.05) is 41.8 Å². The van der Waals surface area contributed by atoms with Crippen molar-refractivity contribution in [3.63, 3.8) is 0 Å². The number of hydrogen-bond acceptors (Lipinski definition) is 5. The summed E-state index contributed by atoms with van der Waals surface area (Å²) < 4.78 is 5.68. The number of rotatable bonds is 4. The molecule has 3 aromatic rings. The average molecular weight is 375 g/mol. The topological polar surface area (TPSA) is 66.2 Å². The molecule has 0 saturated heterocycles. The van der Waals surface area contributed by atoms with Crippen LogP contribution in [-0.2, 0) is 11.2 Å². The summed E-state index contributed by atoms with van der Waals surface area (Å²) in [6.07, 6.45) is 0.198. The Bertz CT molecular complexity index is 1020. The molecule has 1 aliphatic heterocycles. The van der Waals surface area contributed by atoms with Crippen LogP contribution in [0.5, 0.6) is 5.75 Å². The summed E-state index contributed by atoms with van der Waals surface area (Å²) in [6, 6.07) is 17.9. The summed E-state index contributed by atoms with van der Waals surface area (Å²) in [5.74, 6) is 0.407. The van der Waals surface area contributed by atoms with Crippen molar-refractivity contribution in [2.75, 3.05) is 11.4 Å². The zero-order valence-electron chi connectivity index (χ0n) is 14.8. The molecule has 0 N–H and O–H groups in total. The summed E-state index contributed by atoms with van der Waals surface area (Å²) in [5, 5.41) is 12.1. The summed E-state index contributed by atoms with van der Waals surface area (Å²) in [6.45, 7) is 1.69. The third-order valence-electron chi connectivity index (χ3n) is 4.44. The van der Waals surface area contributed by atoms with Gasteiger partial charge in [0.15, 0.2) is 6.10 Å². The predicted octanol–water partition coefficient (Wildman–Crippen LogP) is 4.04. The Kier molecular flexibility index (Phi) is 4.61. The number of fused-ring (bicyclic) bond motifs is 1. The molecule has 1 aromatic heterocycles. The van der Waals surface area contributed by atoms with Crippen molar-refractivity contribution < 1.29 is 9.53 Å². The number of thiazole rings is 1. The molecule has 1 amide bonds. The molecule has 2 aromatic carbocycles.